The third kappa shape index (κ3) is 5.42. The Morgan fingerprint density at radius 3 is 2.42 bits per heavy atom. The van der Waals surface area contributed by atoms with Crippen molar-refractivity contribution in [3.05, 3.63) is 12.7 Å². The van der Waals surface area contributed by atoms with Crippen LogP contribution in [-0.4, -0.2) is 70.2 Å². The molecule has 0 aromatic carbocycles. The van der Waals surface area contributed by atoms with Crippen LogP contribution in [0, 0.1) is 0 Å². The topological polar surface area (TPSA) is 119 Å². The first kappa shape index (κ1) is 26.9. The standard InChI is InChI=1S/C24H39N5O6Si/c1-22(2,3)35-21(30)28-18-15-19(26-12-25-18)29(13-27-15)20-17-16(33-24(7,8)34-17)14(32-20)11-31-36(9,10)23(4,5)6/h12-14,16-17,20H,11H2,1-10H3,(H,25,26,28,30)/t14-,16?,17?,20-/m0/s1. The summed E-state index contributed by atoms with van der Waals surface area (Å²) in [6.45, 7) is 20.6. The number of aromatic nitrogens is 4. The molecule has 0 radical (unpaired) electrons. The maximum absolute atomic E-state index is 12.3. The second-order valence-electron chi connectivity index (χ2n) is 12.4. The fourth-order valence-corrected chi connectivity index (χ4v) is 5.07. The number of rotatable bonds is 5. The fraction of sp³-hybridized carbons (Fsp3) is 0.750. The zero-order valence-corrected chi connectivity index (χ0v) is 23.9. The summed E-state index contributed by atoms with van der Waals surface area (Å²) in [5, 5.41) is 2.74. The van der Waals surface area contributed by atoms with E-state index in [-0.39, 0.29) is 29.2 Å². The maximum Gasteiger partial charge on any atom is 0.413 e. The Morgan fingerprint density at radius 2 is 1.78 bits per heavy atom. The molecule has 4 atom stereocenters. The molecule has 2 unspecified atom stereocenters. The third-order valence-corrected chi connectivity index (χ3v) is 11.3. The molecule has 2 fully saturated rings. The highest BCUT2D eigenvalue weighted by Crippen LogP contribution is 2.45. The van der Waals surface area contributed by atoms with Gasteiger partial charge in [-0.1, -0.05) is 20.8 Å². The SMILES string of the molecule is CC(C)(C)OC(=O)Nc1ncnc2c1ncn2[C@H]1O[C@@H](CO[Si](C)(C)C(C)(C)C)C2OC(C)(C)OC21. The van der Waals surface area contributed by atoms with Crippen LogP contribution in [0.4, 0.5) is 10.6 Å². The molecule has 4 heterocycles. The van der Waals surface area contributed by atoms with Crippen molar-refractivity contribution in [1.82, 2.24) is 19.5 Å². The van der Waals surface area contributed by atoms with Crippen molar-refractivity contribution in [1.29, 1.82) is 0 Å². The number of hydrogen-bond donors (Lipinski definition) is 1. The van der Waals surface area contributed by atoms with Crippen molar-refractivity contribution >= 4 is 31.4 Å². The molecule has 2 aliphatic heterocycles. The minimum Gasteiger partial charge on any atom is -0.444 e. The predicted octanol–water partition coefficient (Wildman–Crippen LogP) is 4.61. The summed E-state index contributed by atoms with van der Waals surface area (Å²) >= 11 is 0. The lowest BCUT2D eigenvalue weighted by Gasteiger charge is -2.37. The van der Waals surface area contributed by atoms with Crippen molar-refractivity contribution in [2.75, 3.05) is 11.9 Å². The zero-order valence-electron chi connectivity index (χ0n) is 22.9. The van der Waals surface area contributed by atoms with Gasteiger partial charge < -0.3 is 23.4 Å². The van der Waals surface area contributed by atoms with Gasteiger partial charge in [0.05, 0.1) is 12.9 Å². The fourth-order valence-electron chi connectivity index (χ4n) is 4.05. The Hall–Kier alpha value is -2.12. The lowest BCUT2D eigenvalue weighted by molar-refractivity contribution is -0.199. The molecule has 12 heteroatoms. The number of carbonyl (C=O) groups is 1. The monoisotopic (exact) mass is 521 g/mol. The van der Waals surface area contributed by atoms with Crippen LogP contribution in [0.5, 0.6) is 0 Å². The minimum atomic E-state index is -1.99. The van der Waals surface area contributed by atoms with Gasteiger partial charge in [0.25, 0.3) is 0 Å². The highest BCUT2D eigenvalue weighted by Gasteiger charge is 2.56. The lowest BCUT2D eigenvalue weighted by atomic mass is 10.1. The van der Waals surface area contributed by atoms with E-state index < -0.39 is 32.0 Å². The van der Waals surface area contributed by atoms with Crippen LogP contribution in [0.3, 0.4) is 0 Å². The summed E-state index contributed by atoms with van der Waals surface area (Å²) in [5.74, 6) is -0.509. The van der Waals surface area contributed by atoms with E-state index in [2.05, 4.69) is 54.1 Å². The normalized spacial score (nSPS) is 26.3. The molecule has 0 bridgehead atoms. The van der Waals surface area contributed by atoms with E-state index in [0.717, 1.165) is 0 Å². The number of hydrogen-bond acceptors (Lipinski definition) is 9. The molecule has 2 saturated heterocycles. The van der Waals surface area contributed by atoms with Gasteiger partial charge in [-0.05, 0) is 52.8 Å². The van der Waals surface area contributed by atoms with Gasteiger partial charge in [-0.15, -0.1) is 0 Å². The molecular formula is C24H39N5O6Si. The Kier molecular flexibility index (Phi) is 6.74. The maximum atomic E-state index is 12.3. The number of ether oxygens (including phenoxy) is 4. The summed E-state index contributed by atoms with van der Waals surface area (Å²) in [6, 6.07) is 0. The highest BCUT2D eigenvalue weighted by molar-refractivity contribution is 6.74. The van der Waals surface area contributed by atoms with E-state index in [0.29, 0.717) is 17.8 Å². The number of anilines is 1. The largest absolute Gasteiger partial charge is 0.444 e. The molecule has 0 spiro atoms. The van der Waals surface area contributed by atoms with E-state index in [4.69, 9.17) is 23.4 Å². The molecule has 11 nitrogen and oxygen atoms in total. The quantitative estimate of drug-likeness (QED) is 0.562. The average Bonchev–Trinajstić information content (AvgIpc) is 3.35. The van der Waals surface area contributed by atoms with E-state index in [1.165, 1.54) is 6.33 Å². The molecule has 36 heavy (non-hydrogen) atoms. The van der Waals surface area contributed by atoms with Crippen LogP contribution in [0.25, 0.3) is 11.2 Å². The Labute approximate surface area is 213 Å². The number of fused-ring (bicyclic) bond motifs is 2. The van der Waals surface area contributed by atoms with Crippen LogP contribution in [-0.2, 0) is 23.4 Å². The molecule has 4 rings (SSSR count). The Balaban J connectivity index is 1.59. The molecule has 0 saturated carbocycles. The molecule has 200 valence electrons. The van der Waals surface area contributed by atoms with Gasteiger partial charge in [-0.3, -0.25) is 9.88 Å². The minimum absolute atomic E-state index is 0.0751. The second kappa shape index (κ2) is 9.01. The predicted molar refractivity (Wildman–Crippen MR) is 136 cm³/mol. The van der Waals surface area contributed by atoms with Crippen LogP contribution >= 0.6 is 0 Å². The molecular weight excluding hydrogens is 482 g/mol. The van der Waals surface area contributed by atoms with Crippen molar-refractivity contribution in [3.63, 3.8) is 0 Å². The summed E-state index contributed by atoms with van der Waals surface area (Å²) in [7, 11) is -1.99. The summed E-state index contributed by atoms with van der Waals surface area (Å²) in [4.78, 5) is 25.4. The van der Waals surface area contributed by atoms with Gasteiger partial charge in [0.2, 0.25) is 0 Å². The van der Waals surface area contributed by atoms with Crippen LogP contribution in [0.15, 0.2) is 12.7 Å². The molecule has 1 N–H and O–H groups in total. The molecule has 2 aromatic rings. The number of carbonyl (C=O) groups excluding carboxylic acids is 1. The molecule has 0 aliphatic carbocycles. The average molecular weight is 522 g/mol. The van der Waals surface area contributed by atoms with E-state index in [1.54, 1.807) is 31.7 Å². The zero-order chi connectivity index (χ0) is 26.7. The number of nitrogens with zero attached hydrogens (tertiary/aromatic N) is 4. The Bertz CT molecular complexity index is 1120. The van der Waals surface area contributed by atoms with Crippen molar-refractivity contribution in [2.45, 2.75) is 109 Å². The van der Waals surface area contributed by atoms with E-state index in [1.807, 2.05) is 13.8 Å². The first-order chi connectivity index (χ1) is 16.5. The number of amides is 1. The smallest absolute Gasteiger partial charge is 0.413 e. The van der Waals surface area contributed by atoms with Crippen LogP contribution < -0.4 is 5.32 Å². The van der Waals surface area contributed by atoms with Crippen LogP contribution in [0.2, 0.25) is 18.1 Å². The van der Waals surface area contributed by atoms with Crippen molar-refractivity contribution in [3.8, 4) is 0 Å². The van der Waals surface area contributed by atoms with Gasteiger partial charge >= 0.3 is 6.09 Å². The first-order valence-corrected chi connectivity index (χ1v) is 15.2. The van der Waals surface area contributed by atoms with Gasteiger partial charge in [-0.2, -0.15) is 0 Å². The Morgan fingerprint density at radius 1 is 1.11 bits per heavy atom. The van der Waals surface area contributed by atoms with Gasteiger partial charge in [0.15, 0.2) is 37.3 Å². The molecule has 2 aliphatic rings. The summed E-state index contributed by atoms with van der Waals surface area (Å²) in [5.41, 5.74) is 0.276. The van der Waals surface area contributed by atoms with E-state index >= 15 is 0 Å². The van der Waals surface area contributed by atoms with E-state index in [9.17, 15) is 4.79 Å². The lowest BCUT2D eigenvalue weighted by Crippen LogP contribution is -2.44. The van der Waals surface area contributed by atoms with Gasteiger partial charge in [0, 0.05) is 0 Å². The third-order valence-electron chi connectivity index (χ3n) is 6.79. The van der Waals surface area contributed by atoms with Gasteiger partial charge in [0.1, 0.15) is 30.2 Å². The summed E-state index contributed by atoms with van der Waals surface area (Å²) < 4.78 is 32.6. The number of imidazole rings is 1. The first-order valence-electron chi connectivity index (χ1n) is 12.3. The second-order valence-corrected chi connectivity index (χ2v) is 17.2. The molecule has 2 aromatic heterocycles. The number of nitrogens with one attached hydrogen (secondary N) is 1. The van der Waals surface area contributed by atoms with Crippen molar-refractivity contribution < 1.29 is 28.2 Å². The van der Waals surface area contributed by atoms with Gasteiger partial charge in [-0.25, -0.2) is 19.7 Å². The molecule has 1 amide bonds. The van der Waals surface area contributed by atoms with Crippen LogP contribution in [0.1, 0.15) is 61.6 Å². The van der Waals surface area contributed by atoms with Crippen molar-refractivity contribution in [2.24, 2.45) is 0 Å². The highest BCUT2D eigenvalue weighted by atomic mass is 28.4. The summed E-state index contributed by atoms with van der Waals surface area (Å²) in [6.07, 6.45) is 0.803.